The quantitative estimate of drug-likeness (QED) is 0.789. The molecule has 7 heteroatoms. The molecule has 0 spiro atoms. The van der Waals surface area contributed by atoms with Crippen molar-refractivity contribution in [2.24, 2.45) is 22.0 Å². The molecule has 1 atom stereocenters. The lowest BCUT2D eigenvalue weighted by Crippen LogP contribution is -2.29. The maximum Gasteiger partial charge on any atom is 0.260 e. The summed E-state index contributed by atoms with van der Waals surface area (Å²) < 4.78 is 1.89. The highest BCUT2D eigenvalue weighted by atomic mass is 35.5. The predicted octanol–water partition coefficient (Wildman–Crippen LogP) is 2.67. The van der Waals surface area contributed by atoms with Crippen LogP contribution in [0.3, 0.4) is 0 Å². The summed E-state index contributed by atoms with van der Waals surface area (Å²) in [5.41, 5.74) is 2.30. The molecule has 0 saturated heterocycles. The van der Waals surface area contributed by atoms with Gasteiger partial charge >= 0.3 is 0 Å². The van der Waals surface area contributed by atoms with Crippen molar-refractivity contribution in [3.8, 4) is 0 Å². The van der Waals surface area contributed by atoms with Gasteiger partial charge in [-0.25, -0.2) is 4.98 Å². The van der Waals surface area contributed by atoms with E-state index >= 15 is 0 Å². The van der Waals surface area contributed by atoms with Gasteiger partial charge in [0.25, 0.3) is 5.91 Å². The second-order valence-corrected chi connectivity index (χ2v) is 6.53. The number of halogens is 1. The van der Waals surface area contributed by atoms with Crippen molar-refractivity contribution in [2.75, 3.05) is 6.61 Å². The van der Waals surface area contributed by atoms with Crippen molar-refractivity contribution in [1.82, 2.24) is 9.55 Å². The van der Waals surface area contributed by atoms with Crippen LogP contribution in [0.2, 0.25) is 5.15 Å². The second-order valence-electron chi connectivity index (χ2n) is 6.15. The summed E-state index contributed by atoms with van der Waals surface area (Å²) in [4.78, 5) is 26.1. The van der Waals surface area contributed by atoms with E-state index in [4.69, 9.17) is 16.4 Å². The van der Waals surface area contributed by atoms with Crippen LogP contribution in [0.5, 0.6) is 0 Å². The lowest BCUT2D eigenvalue weighted by molar-refractivity contribution is -0.120. The molecule has 3 rings (SSSR count). The molecule has 1 amide bonds. The standard InChI is InChI=1S/C18H19ClN4O2/c1-12(2)17-14(11-25-22-17)18(24)21-16-5-3-4-8-23(16)10-13-6-7-15(19)20-9-13/h3-9,12,14H,10-11H2,1-2H3. The Hall–Kier alpha value is -2.47. The number of oxime groups is 1. The van der Waals surface area contributed by atoms with Crippen molar-refractivity contribution in [3.05, 3.63) is 58.9 Å². The summed E-state index contributed by atoms with van der Waals surface area (Å²) >= 11 is 5.82. The zero-order chi connectivity index (χ0) is 17.8. The summed E-state index contributed by atoms with van der Waals surface area (Å²) in [6.07, 6.45) is 3.59. The summed E-state index contributed by atoms with van der Waals surface area (Å²) in [6.45, 7) is 4.78. The van der Waals surface area contributed by atoms with E-state index in [-0.39, 0.29) is 18.4 Å². The smallest absolute Gasteiger partial charge is 0.260 e. The summed E-state index contributed by atoms with van der Waals surface area (Å²) in [7, 11) is 0. The van der Waals surface area contributed by atoms with E-state index in [1.54, 1.807) is 12.3 Å². The third-order valence-corrected chi connectivity index (χ3v) is 4.16. The van der Waals surface area contributed by atoms with Crippen LogP contribution in [-0.4, -0.2) is 27.8 Å². The first-order valence-electron chi connectivity index (χ1n) is 8.09. The van der Waals surface area contributed by atoms with Crippen molar-refractivity contribution in [1.29, 1.82) is 0 Å². The zero-order valence-electron chi connectivity index (χ0n) is 14.1. The van der Waals surface area contributed by atoms with Gasteiger partial charge in [0.1, 0.15) is 23.2 Å². The highest BCUT2D eigenvalue weighted by Crippen LogP contribution is 2.17. The van der Waals surface area contributed by atoms with Gasteiger partial charge in [0, 0.05) is 12.4 Å². The Morgan fingerprint density at radius 1 is 1.40 bits per heavy atom. The minimum absolute atomic E-state index is 0.148. The van der Waals surface area contributed by atoms with Gasteiger partial charge in [0.05, 0.1) is 12.3 Å². The maximum atomic E-state index is 12.6. The van der Waals surface area contributed by atoms with Crippen molar-refractivity contribution in [2.45, 2.75) is 20.4 Å². The van der Waals surface area contributed by atoms with E-state index in [1.807, 2.05) is 48.9 Å². The molecule has 6 nitrogen and oxygen atoms in total. The van der Waals surface area contributed by atoms with Gasteiger partial charge in [-0.2, -0.15) is 4.99 Å². The lowest BCUT2D eigenvalue weighted by Gasteiger charge is -2.10. The van der Waals surface area contributed by atoms with E-state index in [9.17, 15) is 4.79 Å². The van der Waals surface area contributed by atoms with E-state index < -0.39 is 5.92 Å². The minimum atomic E-state index is -0.411. The molecule has 1 aliphatic heterocycles. The molecule has 0 aliphatic carbocycles. The molecular weight excluding hydrogens is 340 g/mol. The first-order valence-corrected chi connectivity index (χ1v) is 8.46. The van der Waals surface area contributed by atoms with Gasteiger partial charge in [-0.3, -0.25) is 4.79 Å². The van der Waals surface area contributed by atoms with Gasteiger partial charge in [-0.15, -0.1) is 0 Å². The number of amides is 1. The van der Waals surface area contributed by atoms with Crippen LogP contribution in [0.25, 0.3) is 0 Å². The molecule has 2 aromatic heterocycles. The van der Waals surface area contributed by atoms with Gasteiger partial charge in [-0.05, 0) is 29.7 Å². The molecule has 25 heavy (non-hydrogen) atoms. The number of aromatic nitrogens is 2. The molecule has 0 radical (unpaired) electrons. The molecule has 0 N–H and O–H groups in total. The average Bonchev–Trinajstić information content (AvgIpc) is 3.09. The summed E-state index contributed by atoms with van der Waals surface area (Å²) in [6, 6.07) is 9.19. The lowest BCUT2D eigenvalue weighted by atomic mass is 9.95. The highest BCUT2D eigenvalue weighted by Gasteiger charge is 2.31. The van der Waals surface area contributed by atoms with Gasteiger partial charge in [0.2, 0.25) is 0 Å². The Kier molecular flexibility index (Phi) is 5.28. The molecule has 130 valence electrons. The molecule has 0 aromatic carbocycles. The molecule has 0 saturated carbocycles. The van der Waals surface area contributed by atoms with E-state index in [0.717, 1.165) is 11.3 Å². The topological polar surface area (TPSA) is 68.8 Å². The number of carbonyl (C=O) groups excluding carboxylic acids is 1. The number of hydrogen-bond acceptors (Lipinski definition) is 4. The molecule has 1 unspecified atom stereocenters. The Balaban J connectivity index is 1.87. The fourth-order valence-corrected chi connectivity index (χ4v) is 2.74. The molecule has 3 heterocycles. The Bertz CT molecular complexity index is 856. The van der Waals surface area contributed by atoms with E-state index in [0.29, 0.717) is 17.2 Å². The molecule has 1 aliphatic rings. The number of nitrogens with zero attached hydrogens (tertiary/aromatic N) is 4. The van der Waals surface area contributed by atoms with Crippen LogP contribution < -0.4 is 5.49 Å². The predicted molar refractivity (Wildman–Crippen MR) is 95.1 cm³/mol. The zero-order valence-corrected chi connectivity index (χ0v) is 14.8. The number of rotatable bonds is 4. The Morgan fingerprint density at radius 2 is 2.24 bits per heavy atom. The fourth-order valence-electron chi connectivity index (χ4n) is 2.63. The molecular formula is C18H19ClN4O2. The summed E-state index contributed by atoms with van der Waals surface area (Å²) in [5.74, 6) is -0.500. The number of hydrogen-bond donors (Lipinski definition) is 0. The van der Waals surface area contributed by atoms with Crippen LogP contribution in [0.4, 0.5) is 0 Å². The van der Waals surface area contributed by atoms with Gasteiger partial charge in [-0.1, -0.05) is 42.7 Å². The Labute approximate surface area is 150 Å². The van der Waals surface area contributed by atoms with Crippen LogP contribution >= 0.6 is 11.6 Å². The molecule has 0 bridgehead atoms. The SMILES string of the molecule is CC(C)C1=NOCC1C(=O)N=c1ccccn1Cc1ccc(Cl)nc1. The van der Waals surface area contributed by atoms with Crippen molar-refractivity contribution < 1.29 is 9.63 Å². The van der Waals surface area contributed by atoms with Crippen molar-refractivity contribution >= 4 is 23.2 Å². The monoisotopic (exact) mass is 358 g/mol. The number of pyridine rings is 2. The van der Waals surface area contributed by atoms with Crippen LogP contribution in [0, 0.1) is 11.8 Å². The average molecular weight is 359 g/mol. The van der Waals surface area contributed by atoms with E-state index in [2.05, 4.69) is 15.1 Å². The third kappa shape index (κ3) is 4.14. The Morgan fingerprint density at radius 3 is 2.96 bits per heavy atom. The minimum Gasteiger partial charge on any atom is -0.395 e. The highest BCUT2D eigenvalue weighted by molar-refractivity contribution is 6.29. The van der Waals surface area contributed by atoms with Crippen LogP contribution in [0.15, 0.2) is 52.9 Å². The molecule has 2 aromatic rings. The van der Waals surface area contributed by atoms with Gasteiger partial charge in [0.15, 0.2) is 0 Å². The first kappa shape index (κ1) is 17.4. The normalized spacial score (nSPS) is 17.5. The summed E-state index contributed by atoms with van der Waals surface area (Å²) in [5, 5.41) is 4.43. The second kappa shape index (κ2) is 7.61. The molecule has 0 fully saturated rings. The fraction of sp³-hybridized carbons (Fsp3) is 0.333. The van der Waals surface area contributed by atoms with Crippen LogP contribution in [0.1, 0.15) is 19.4 Å². The van der Waals surface area contributed by atoms with Gasteiger partial charge < -0.3 is 9.40 Å². The van der Waals surface area contributed by atoms with Crippen LogP contribution in [-0.2, 0) is 16.2 Å². The largest absolute Gasteiger partial charge is 0.395 e. The number of carbonyl (C=O) groups is 1. The van der Waals surface area contributed by atoms with Crippen molar-refractivity contribution in [3.63, 3.8) is 0 Å². The first-order chi connectivity index (χ1) is 12.0. The maximum absolute atomic E-state index is 12.6. The van der Waals surface area contributed by atoms with E-state index in [1.165, 1.54) is 0 Å². The third-order valence-electron chi connectivity index (χ3n) is 3.94.